The fourth-order valence-electron chi connectivity index (χ4n) is 2.27. The zero-order valence-corrected chi connectivity index (χ0v) is 11.7. The maximum absolute atomic E-state index is 11.5. The van der Waals surface area contributed by atoms with E-state index in [1.165, 1.54) is 7.05 Å². The van der Waals surface area contributed by atoms with Crippen molar-refractivity contribution in [1.82, 2.24) is 5.32 Å². The molecule has 0 bridgehead atoms. The molecule has 1 atom stereocenters. The zero-order chi connectivity index (χ0) is 14.0. The quantitative estimate of drug-likeness (QED) is 0.890. The van der Waals surface area contributed by atoms with E-state index in [1.54, 1.807) is 7.11 Å². The Labute approximate surface area is 112 Å². The van der Waals surface area contributed by atoms with Gasteiger partial charge in [-0.2, -0.15) is 0 Å². The van der Waals surface area contributed by atoms with Gasteiger partial charge in [0, 0.05) is 18.2 Å². The first-order chi connectivity index (χ1) is 9.06. The molecule has 5 nitrogen and oxygen atoms in total. The van der Waals surface area contributed by atoms with Gasteiger partial charge in [0.15, 0.2) is 0 Å². The van der Waals surface area contributed by atoms with E-state index < -0.39 is 6.09 Å². The summed E-state index contributed by atoms with van der Waals surface area (Å²) < 4.78 is 16.3. The SMILES string of the molecule is CNC(=O)Oc1c(C)c(OC)cc2c1COC(C)C2. The van der Waals surface area contributed by atoms with Gasteiger partial charge in [0.05, 0.1) is 19.8 Å². The predicted octanol–water partition coefficient (Wildman–Crippen LogP) is 2.18. The van der Waals surface area contributed by atoms with Crippen LogP contribution in [0, 0.1) is 6.92 Å². The highest BCUT2D eigenvalue weighted by Gasteiger charge is 2.24. The smallest absolute Gasteiger partial charge is 0.412 e. The lowest BCUT2D eigenvalue weighted by atomic mass is 9.96. The minimum Gasteiger partial charge on any atom is -0.496 e. The number of ether oxygens (including phenoxy) is 3. The molecule has 2 rings (SSSR count). The summed E-state index contributed by atoms with van der Waals surface area (Å²) in [5, 5.41) is 2.45. The second-order valence-electron chi connectivity index (χ2n) is 4.64. The van der Waals surface area contributed by atoms with Crippen LogP contribution in [0.25, 0.3) is 0 Å². The largest absolute Gasteiger partial charge is 0.496 e. The summed E-state index contributed by atoms with van der Waals surface area (Å²) in [6, 6.07) is 2.00. The van der Waals surface area contributed by atoms with Crippen LogP contribution in [0.3, 0.4) is 0 Å². The van der Waals surface area contributed by atoms with Gasteiger partial charge in [0.25, 0.3) is 0 Å². The Balaban J connectivity index is 2.49. The number of carbonyl (C=O) groups excluding carboxylic acids is 1. The summed E-state index contributed by atoms with van der Waals surface area (Å²) in [7, 11) is 3.14. The molecule has 19 heavy (non-hydrogen) atoms. The number of methoxy groups -OCH3 is 1. The maximum atomic E-state index is 11.5. The summed E-state index contributed by atoms with van der Waals surface area (Å²) in [4.78, 5) is 11.5. The molecule has 5 heteroatoms. The third kappa shape index (κ3) is 2.66. The topological polar surface area (TPSA) is 56.8 Å². The average molecular weight is 265 g/mol. The Hall–Kier alpha value is -1.75. The van der Waals surface area contributed by atoms with Crippen molar-refractivity contribution in [1.29, 1.82) is 0 Å². The van der Waals surface area contributed by atoms with Crippen LogP contribution in [-0.2, 0) is 17.8 Å². The van der Waals surface area contributed by atoms with E-state index >= 15 is 0 Å². The molecule has 0 fully saturated rings. The molecular weight excluding hydrogens is 246 g/mol. The van der Waals surface area contributed by atoms with Crippen LogP contribution >= 0.6 is 0 Å². The minimum atomic E-state index is -0.489. The number of fused-ring (bicyclic) bond motifs is 1. The van der Waals surface area contributed by atoms with Crippen molar-refractivity contribution in [3.8, 4) is 11.5 Å². The zero-order valence-electron chi connectivity index (χ0n) is 11.7. The molecule has 0 aliphatic carbocycles. The second kappa shape index (κ2) is 5.48. The molecule has 1 aromatic rings. The van der Waals surface area contributed by atoms with Crippen molar-refractivity contribution >= 4 is 6.09 Å². The molecule has 0 saturated heterocycles. The first-order valence-corrected chi connectivity index (χ1v) is 6.27. The Bertz CT molecular complexity index is 499. The molecule has 1 heterocycles. The number of nitrogens with one attached hydrogen (secondary N) is 1. The summed E-state index contributed by atoms with van der Waals surface area (Å²) >= 11 is 0. The van der Waals surface area contributed by atoms with Gasteiger partial charge >= 0.3 is 6.09 Å². The van der Waals surface area contributed by atoms with E-state index in [1.807, 2.05) is 19.9 Å². The lowest BCUT2D eigenvalue weighted by Gasteiger charge is -2.26. The third-order valence-corrected chi connectivity index (χ3v) is 3.32. The van der Waals surface area contributed by atoms with Gasteiger partial charge in [-0.25, -0.2) is 4.79 Å². The highest BCUT2D eigenvalue weighted by Crippen LogP contribution is 2.38. The van der Waals surface area contributed by atoms with Gasteiger partial charge in [0.1, 0.15) is 11.5 Å². The van der Waals surface area contributed by atoms with Crippen LogP contribution in [0.5, 0.6) is 11.5 Å². The fourth-order valence-corrected chi connectivity index (χ4v) is 2.27. The van der Waals surface area contributed by atoms with E-state index in [-0.39, 0.29) is 6.10 Å². The van der Waals surface area contributed by atoms with Crippen molar-refractivity contribution in [2.24, 2.45) is 0 Å². The van der Waals surface area contributed by atoms with E-state index in [4.69, 9.17) is 14.2 Å². The summed E-state index contributed by atoms with van der Waals surface area (Å²) in [6.45, 7) is 4.34. The number of carbonyl (C=O) groups is 1. The van der Waals surface area contributed by atoms with Crippen molar-refractivity contribution in [3.05, 3.63) is 22.8 Å². The fraction of sp³-hybridized carbons (Fsp3) is 0.500. The van der Waals surface area contributed by atoms with Gasteiger partial charge in [-0.15, -0.1) is 0 Å². The number of hydrogen-bond donors (Lipinski definition) is 1. The monoisotopic (exact) mass is 265 g/mol. The first kappa shape index (κ1) is 13.7. The highest BCUT2D eigenvalue weighted by atomic mass is 16.6. The van der Waals surface area contributed by atoms with Gasteiger partial charge in [-0.3, -0.25) is 0 Å². The standard InChI is InChI=1S/C14H19NO4/c1-8-5-10-6-12(17-4)9(2)13(11(10)7-18-8)19-14(16)15-3/h6,8H,5,7H2,1-4H3,(H,15,16). The van der Waals surface area contributed by atoms with Gasteiger partial charge < -0.3 is 19.5 Å². The van der Waals surface area contributed by atoms with Crippen LogP contribution in [0.2, 0.25) is 0 Å². The summed E-state index contributed by atoms with van der Waals surface area (Å²) in [6.07, 6.45) is 0.459. The molecule has 104 valence electrons. The molecule has 1 aliphatic heterocycles. The molecule has 1 amide bonds. The lowest BCUT2D eigenvalue weighted by Crippen LogP contribution is -2.25. The van der Waals surface area contributed by atoms with E-state index in [0.29, 0.717) is 12.4 Å². The summed E-state index contributed by atoms with van der Waals surface area (Å²) in [5.41, 5.74) is 2.85. The molecule has 1 N–H and O–H groups in total. The molecule has 1 aliphatic rings. The van der Waals surface area contributed by atoms with E-state index in [9.17, 15) is 4.79 Å². The van der Waals surface area contributed by atoms with Gasteiger partial charge in [-0.1, -0.05) is 0 Å². The van der Waals surface area contributed by atoms with Crippen molar-refractivity contribution in [2.75, 3.05) is 14.2 Å². The second-order valence-corrected chi connectivity index (χ2v) is 4.64. The average Bonchev–Trinajstić information content (AvgIpc) is 2.41. The molecule has 0 spiro atoms. The van der Waals surface area contributed by atoms with Crippen LogP contribution < -0.4 is 14.8 Å². The first-order valence-electron chi connectivity index (χ1n) is 6.27. The Morgan fingerprint density at radius 1 is 1.53 bits per heavy atom. The molecular formula is C14H19NO4. The predicted molar refractivity (Wildman–Crippen MR) is 70.8 cm³/mol. The molecule has 0 aromatic heterocycles. The Morgan fingerprint density at radius 2 is 2.26 bits per heavy atom. The molecule has 0 saturated carbocycles. The number of hydrogen-bond acceptors (Lipinski definition) is 4. The van der Waals surface area contributed by atoms with E-state index in [2.05, 4.69) is 5.32 Å². The van der Waals surface area contributed by atoms with Crippen LogP contribution in [0.1, 0.15) is 23.6 Å². The third-order valence-electron chi connectivity index (χ3n) is 3.32. The molecule has 1 aromatic carbocycles. The minimum absolute atomic E-state index is 0.160. The Morgan fingerprint density at radius 3 is 2.89 bits per heavy atom. The van der Waals surface area contributed by atoms with Crippen LogP contribution in [0.4, 0.5) is 4.79 Å². The van der Waals surface area contributed by atoms with Gasteiger partial charge in [-0.05, 0) is 31.9 Å². The Kier molecular flexibility index (Phi) is 3.95. The lowest BCUT2D eigenvalue weighted by molar-refractivity contribution is 0.0396. The van der Waals surface area contributed by atoms with Crippen LogP contribution in [0.15, 0.2) is 6.07 Å². The van der Waals surface area contributed by atoms with Crippen LogP contribution in [-0.4, -0.2) is 26.4 Å². The van der Waals surface area contributed by atoms with Gasteiger partial charge in [0.2, 0.25) is 0 Å². The number of rotatable bonds is 2. The number of benzene rings is 1. The molecule has 0 radical (unpaired) electrons. The highest BCUT2D eigenvalue weighted by molar-refractivity contribution is 5.72. The summed E-state index contributed by atoms with van der Waals surface area (Å²) in [5.74, 6) is 1.27. The van der Waals surface area contributed by atoms with Crippen molar-refractivity contribution < 1.29 is 19.0 Å². The van der Waals surface area contributed by atoms with Crippen molar-refractivity contribution in [2.45, 2.75) is 33.0 Å². The number of amides is 1. The molecule has 1 unspecified atom stereocenters. The van der Waals surface area contributed by atoms with E-state index in [0.717, 1.165) is 28.9 Å². The normalized spacial score (nSPS) is 17.6. The van der Waals surface area contributed by atoms with Crippen molar-refractivity contribution in [3.63, 3.8) is 0 Å². The maximum Gasteiger partial charge on any atom is 0.412 e.